The van der Waals surface area contributed by atoms with E-state index in [-0.39, 0.29) is 46.3 Å². The highest BCUT2D eigenvalue weighted by molar-refractivity contribution is 6.31. The molecule has 3 fully saturated rings. The van der Waals surface area contributed by atoms with Crippen LogP contribution in [0.5, 0.6) is 0 Å². The first kappa shape index (κ1) is 23.3. The molecule has 1 aromatic carbocycles. The first-order valence-electron chi connectivity index (χ1n) is 11.7. The van der Waals surface area contributed by atoms with Crippen LogP contribution in [0.25, 0.3) is 0 Å². The van der Waals surface area contributed by atoms with Crippen LogP contribution in [0.2, 0.25) is 5.02 Å². The number of rotatable bonds is 3. The lowest BCUT2D eigenvalue weighted by molar-refractivity contribution is -0.153. The van der Waals surface area contributed by atoms with Crippen molar-refractivity contribution in [1.29, 1.82) is 0 Å². The number of halogens is 2. The highest BCUT2D eigenvalue weighted by atomic mass is 35.5. The molecule has 0 N–H and O–H groups in total. The van der Waals surface area contributed by atoms with E-state index in [4.69, 9.17) is 11.6 Å². The van der Waals surface area contributed by atoms with Gasteiger partial charge in [-0.1, -0.05) is 38.1 Å². The molecule has 3 aliphatic rings. The van der Waals surface area contributed by atoms with E-state index in [1.807, 2.05) is 9.80 Å². The molecular weight excluding hydrogens is 427 g/mol. The zero-order valence-corrected chi connectivity index (χ0v) is 20.1. The number of hydrogen-bond acceptors (Lipinski definition) is 2. The van der Waals surface area contributed by atoms with Crippen molar-refractivity contribution >= 4 is 23.4 Å². The van der Waals surface area contributed by atoms with E-state index in [9.17, 15) is 14.0 Å². The molecule has 1 aromatic rings. The van der Waals surface area contributed by atoms with Gasteiger partial charge in [-0.25, -0.2) is 4.39 Å². The van der Waals surface area contributed by atoms with Crippen LogP contribution < -0.4 is 0 Å². The van der Waals surface area contributed by atoms with Gasteiger partial charge in [0.2, 0.25) is 11.8 Å². The lowest BCUT2D eigenvalue weighted by atomic mass is 9.64. The maximum atomic E-state index is 14.9. The molecule has 0 radical (unpaired) electrons. The second-order valence-electron chi connectivity index (χ2n) is 11.0. The summed E-state index contributed by atoms with van der Waals surface area (Å²) >= 11 is 6.45. The Balaban J connectivity index is 1.52. The molecule has 1 spiro atoms. The van der Waals surface area contributed by atoms with E-state index in [2.05, 4.69) is 27.4 Å². The van der Waals surface area contributed by atoms with Crippen LogP contribution >= 0.6 is 11.6 Å². The van der Waals surface area contributed by atoms with E-state index < -0.39 is 0 Å². The highest BCUT2D eigenvalue weighted by Gasteiger charge is 2.50. The number of carbonyl (C=O) groups is 2. The molecule has 4 nitrogen and oxygen atoms in total. The maximum Gasteiger partial charge on any atom is 0.245 e. The fourth-order valence-corrected chi connectivity index (χ4v) is 6.65. The number of hydrogen-bond donors (Lipinski definition) is 0. The van der Waals surface area contributed by atoms with Crippen molar-refractivity contribution in [1.82, 2.24) is 9.80 Å². The molecule has 2 heterocycles. The summed E-state index contributed by atoms with van der Waals surface area (Å²) in [6.07, 6.45) is 5.59. The Hall–Kier alpha value is -1.88. The van der Waals surface area contributed by atoms with Gasteiger partial charge in [-0.05, 0) is 62.7 Å². The molecular formula is C26H34ClFN2O2. The average Bonchev–Trinajstić information content (AvgIpc) is 2.70. The molecule has 6 heteroatoms. The van der Waals surface area contributed by atoms with Crippen LogP contribution in [-0.4, -0.2) is 47.3 Å². The number of carbonyl (C=O) groups excluding carboxylic acids is 2. The largest absolute Gasteiger partial charge is 0.340 e. The number of amides is 2. The number of nitrogens with zero attached hydrogens (tertiary/aromatic N) is 2. The van der Waals surface area contributed by atoms with E-state index in [1.165, 1.54) is 12.1 Å². The fourth-order valence-electron chi connectivity index (χ4n) is 6.34. The lowest BCUT2D eigenvalue weighted by Gasteiger charge is -2.56. The van der Waals surface area contributed by atoms with Gasteiger partial charge in [0, 0.05) is 53.5 Å². The Labute approximate surface area is 195 Å². The molecule has 3 atom stereocenters. The van der Waals surface area contributed by atoms with Gasteiger partial charge in [0.25, 0.3) is 0 Å². The van der Waals surface area contributed by atoms with Gasteiger partial charge in [-0.2, -0.15) is 0 Å². The summed E-state index contributed by atoms with van der Waals surface area (Å²) in [5.74, 6) is -0.673. The van der Waals surface area contributed by atoms with Crippen molar-refractivity contribution < 1.29 is 14.0 Å². The van der Waals surface area contributed by atoms with Gasteiger partial charge >= 0.3 is 0 Å². The summed E-state index contributed by atoms with van der Waals surface area (Å²) in [6, 6.07) is 4.90. The number of benzene rings is 1. The third kappa shape index (κ3) is 4.21. The Kier molecular flexibility index (Phi) is 6.17. The molecule has 32 heavy (non-hydrogen) atoms. The highest BCUT2D eigenvalue weighted by Crippen LogP contribution is 2.50. The van der Waals surface area contributed by atoms with Crippen LogP contribution in [-0.2, 0) is 9.59 Å². The van der Waals surface area contributed by atoms with Crippen molar-refractivity contribution in [3.05, 3.63) is 47.3 Å². The second-order valence-corrected chi connectivity index (χ2v) is 11.4. The normalized spacial score (nSPS) is 28.8. The molecule has 2 amide bonds. The van der Waals surface area contributed by atoms with Crippen molar-refractivity contribution in [2.75, 3.05) is 19.6 Å². The predicted molar refractivity (Wildman–Crippen MR) is 125 cm³/mol. The van der Waals surface area contributed by atoms with Crippen LogP contribution in [0.1, 0.15) is 64.4 Å². The maximum absolute atomic E-state index is 14.9. The minimum atomic E-state index is -0.315. The van der Waals surface area contributed by atoms with E-state index >= 15 is 0 Å². The number of likely N-dealkylation sites (tertiary alicyclic amines) is 2. The predicted octanol–water partition coefficient (Wildman–Crippen LogP) is 5.41. The Bertz CT molecular complexity index is 904. The van der Waals surface area contributed by atoms with Gasteiger partial charge < -0.3 is 9.80 Å². The average molecular weight is 461 g/mol. The Morgan fingerprint density at radius 1 is 1.22 bits per heavy atom. The van der Waals surface area contributed by atoms with Gasteiger partial charge in [-0.15, -0.1) is 0 Å². The zero-order valence-electron chi connectivity index (χ0n) is 19.4. The van der Waals surface area contributed by atoms with Crippen molar-refractivity contribution in [2.24, 2.45) is 16.7 Å². The van der Waals surface area contributed by atoms with Gasteiger partial charge in [-0.3, -0.25) is 9.59 Å². The fraction of sp³-hybridized carbons (Fsp3) is 0.615. The Morgan fingerprint density at radius 2 is 1.94 bits per heavy atom. The van der Waals surface area contributed by atoms with Crippen LogP contribution in [0.3, 0.4) is 0 Å². The summed E-state index contributed by atoms with van der Waals surface area (Å²) in [6.45, 7) is 12.2. The third-order valence-electron chi connectivity index (χ3n) is 8.04. The topological polar surface area (TPSA) is 40.6 Å². The first-order valence-corrected chi connectivity index (χ1v) is 12.1. The van der Waals surface area contributed by atoms with E-state index in [0.717, 1.165) is 45.2 Å². The van der Waals surface area contributed by atoms with E-state index in [0.29, 0.717) is 17.1 Å². The molecule has 1 saturated carbocycles. The second kappa shape index (κ2) is 8.48. The van der Waals surface area contributed by atoms with Crippen LogP contribution in [0, 0.1) is 22.6 Å². The van der Waals surface area contributed by atoms with Crippen molar-refractivity contribution in [3.63, 3.8) is 0 Å². The first-order chi connectivity index (χ1) is 15.1. The van der Waals surface area contributed by atoms with Gasteiger partial charge in [0.15, 0.2) is 0 Å². The molecule has 174 valence electrons. The lowest BCUT2D eigenvalue weighted by Crippen LogP contribution is -2.64. The quantitative estimate of drug-likeness (QED) is 0.565. The van der Waals surface area contributed by atoms with Crippen molar-refractivity contribution in [2.45, 2.75) is 64.8 Å². The van der Waals surface area contributed by atoms with Gasteiger partial charge in [0.05, 0.1) is 0 Å². The minimum Gasteiger partial charge on any atom is -0.340 e. The smallest absolute Gasteiger partial charge is 0.245 e. The van der Waals surface area contributed by atoms with Gasteiger partial charge in [0.1, 0.15) is 5.82 Å². The Morgan fingerprint density at radius 3 is 2.56 bits per heavy atom. The summed E-state index contributed by atoms with van der Waals surface area (Å²) in [7, 11) is 0. The monoisotopic (exact) mass is 460 g/mol. The standard InChI is InChI=1S/C26H34ClFN2O2/c1-5-22(31)29-15-26(16-29)11-12-30(17(2)13-26)24(32)18-9-10-25(3,4)14-19(18)23-20(27)7-6-8-21(23)28/h5-8,17-19H,1,9-16H2,2-4H3/t17-,18-,19-/m0/s1. The summed E-state index contributed by atoms with van der Waals surface area (Å²) < 4.78 is 14.9. The summed E-state index contributed by atoms with van der Waals surface area (Å²) in [5.41, 5.74) is 0.647. The van der Waals surface area contributed by atoms with Crippen LogP contribution in [0.15, 0.2) is 30.9 Å². The third-order valence-corrected chi connectivity index (χ3v) is 8.37. The molecule has 0 aromatic heterocycles. The molecule has 2 aliphatic heterocycles. The molecule has 0 bridgehead atoms. The molecule has 4 rings (SSSR count). The minimum absolute atomic E-state index is 0.0174. The molecule has 1 aliphatic carbocycles. The molecule has 0 unspecified atom stereocenters. The number of piperidine rings is 1. The zero-order chi connectivity index (χ0) is 23.3. The molecule has 2 saturated heterocycles. The SMILES string of the molecule is C=CC(=O)N1CC2(CCN(C(=O)[C@H]3CCC(C)(C)C[C@@H]3c3c(F)cccc3Cl)[C@@H](C)C2)C1. The van der Waals surface area contributed by atoms with Crippen molar-refractivity contribution in [3.8, 4) is 0 Å². The van der Waals surface area contributed by atoms with Crippen LogP contribution in [0.4, 0.5) is 4.39 Å². The summed E-state index contributed by atoms with van der Waals surface area (Å²) in [4.78, 5) is 29.5. The van der Waals surface area contributed by atoms with E-state index in [1.54, 1.807) is 12.1 Å². The summed E-state index contributed by atoms with van der Waals surface area (Å²) in [5, 5.41) is 0.414.